The van der Waals surface area contributed by atoms with Gasteiger partial charge in [-0.15, -0.1) is 0 Å². The molecule has 1 N–H and O–H groups in total. The summed E-state index contributed by atoms with van der Waals surface area (Å²) >= 11 is 8.88. The third-order valence-corrected chi connectivity index (χ3v) is 3.12. The molecule has 2 rings (SSSR count). The van der Waals surface area contributed by atoms with Gasteiger partial charge < -0.3 is 4.74 Å². The fraction of sp³-hybridized carbons (Fsp3) is 0.0909. The summed E-state index contributed by atoms with van der Waals surface area (Å²) in [5.41, 5.74) is -0.670. The minimum Gasteiger partial charge on any atom is -0.496 e. The number of nitrogens with zero attached hydrogens (tertiary/aromatic N) is 1. The van der Waals surface area contributed by atoms with Crippen molar-refractivity contribution in [2.24, 2.45) is 0 Å². The van der Waals surface area contributed by atoms with Gasteiger partial charge in [-0.2, -0.15) is 0 Å². The molecule has 1 aromatic carbocycles. The number of aromatic nitrogens is 2. The molecule has 0 saturated carbocycles. The van der Waals surface area contributed by atoms with Gasteiger partial charge in [0, 0.05) is 6.07 Å². The standard InChI is InChI=1S/C11H8BrClN2O3/c1-18-8-3-2-6(4-7(8)12)15-10(16)5-9(13)14-11(15)17/h2-5H,1H3,(H,14,17). The summed E-state index contributed by atoms with van der Waals surface area (Å²) in [4.78, 5) is 25.8. The topological polar surface area (TPSA) is 64.1 Å². The molecule has 1 heterocycles. The average molecular weight is 332 g/mol. The molecule has 0 amide bonds. The van der Waals surface area contributed by atoms with Gasteiger partial charge in [-0.1, -0.05) is 11.6 Å². The van der Waals surface area contributed by atoms with Crippen molar-refractivity contribution in [3.63, 3.8) is 0 Å². The molecule has 7 heteroatoms. The molecule has 0 aliphatic carbocycles. The molecule has 0 aliphatic rings. The van der Waals surface area contributed by atoms with Crippen LogP contribution in [0.3, 0.4) is 0 Å². The van der Waals surface area contributed by atoms with E-state index in [-0.39, 0.29) is 5.15 Å². The Morgan fingerprint density at radius 2 is 2.06 bits per heavy atom. The lowest BCUT2D eigenvalue weighted by Crippen LogP contribution is -2.32. The number of ether oxygens (including phenoxy) is 1. The number of benzene rings is 1. The molecule has 0 spiro atoms. The zero-order chi connectivity index (χ0) is 13.3. The Morgan fingerprint density at radius 3 is 2.61 bits per heavy atom. The summed E-state index contributed by atoms with van der Waals surface area (Å²) in [7, 11) is 1.53. The number of aromatic amines is 1. The number of halogens is 2. The number of methoxy groups -OCH3 is 1. The minimum atomic E-state index is -0.593. The van der Waals surface area contributed by atoms with Crippen LogP contribution >= 0.6 is 27.5 Å². The molecule has 18 heavy (non-hydrogen) atoms. The summed E-state index contributed by atoms with van der Waals surface area (Å²) in [5.74, 6) is 0.609. The molecule has 5 nitrogen and oxygen atoms in total. The Kier molecular flexibility index (Phi) is 3.58. The molecule has 0 aliphatic heterocycles. The number of nitrogens with one attached hydrogen (secondary N) is 1. The van der Waals surface area contributed by atoms with Gasteiger partial charge in [-0.05, 0) is 34.1 Å². The lowest BCUT2D eigenvalue weighted by atomic mass is 10.3. The fourth-order valence-electron chi connectivity index (χ4n) is 1.51. The van der Waals surface area contributed by atoms with Crippen molar-refractivity contribution in [2.75, 3.05) is 7.11 Å². The summed E-state index contributed by atoms with van der Waals surface area (Å²) in [6.45, 7) is 0. The Morgan fingerprint density at radius 1 is 1.33 bits per heavy atom. The summed E-state index contributed by atoms with van der Waals surface area (Å²) in [6, 6.07) is 6.01. The van der Waals surface area contributed by atoms with E-state index in [9.17, 15) is 9.59 Å². The van der Waals surface area contributed by atoms with Gasteiger partial charge in [0.05, 0.1) is 17.3 Å². The molecule has 1 aromatic heterocycles. The van der Waals surface area contributed by atoms with Crippen LogP contribution in [0.5, 0.6) is 5.75 Å². The lowest BCUT2D eigenvalue weighted by Gasteiger charge is -2.07. The smallest absolute Gasteiger partial charge is 0.334 e. The van der Waals surface area contributed by atoms with Gasteiger partial charge >= 0.3 is 5.69 Å². The summed E-state index contributed by atoms with van der Waals surface area (Å²) < 4.78 is 6.70. The van der Waals surface area contributed by atoms with E-state index in [2.05, 4.69) is 20.9 Å². The Labute approximate surface area is 115 Å². The molecule has 0 radical (unpaired) electrons. The Balaban J connectivity index is 2.67. The first-order valence-corrected chi connectivity index (χ1v) is 6.06. The van der Waals surface area contributed by atoms with Crippen molar-refractivity contribution in [1.29, 1.82) is 0 Å². The second kappa shape index (κ2) is 4.99. The van der Waals surface area contributed by atoms with Crippen LogP contribution in [0, 0.1) is 0 Å². The first-order valence-electron chi connectivity index (χ1n) is 4.88. The maximum absolute atomic E-state index is 11.7. The van der Waals surface area contributed by atoms with Crippen LogP contribution in [-0.4, -0.2) is 16.7 Å². The predicted molar refractivity (Wildman–Crippen MR) is 71.9 cm³/mol. The Bertz CT molecular complexity index is 677. The molecule has 0 unspecified atom stereocenters. The number of rotatable bonds is 2. The highest BCUT2D eigenvalue weighted by molar-refractivity contribution is 9.10. The molecule has 0 fully saturated rings. The van der Waals surface area contributed by atoms with Crippen molar-refractivity contribution in [1.82, 2.24) is 9.55 Å². The van der Waals surface area contributed by atoms with Crippen LogP contribution in [0.4, 0.5) is 0 Å². The van der Waals surface area contributed by atoms with E-state index in [1.807, 2.05) is 0 Å². The third-order valence-electron chi connectivity index (χ3n) is 2.29. The van der Waals surface area contributed by atoms with E-state index >= 15 is 0 Å². The van der Waals surface area contributed by atoms with E-state index in [4.69, 9.17) is 16.3 Å². The van der Waals surface area contributed by atoms with Gasteiger partial charge in [0.15, 0.2) is 0 Å². The van der Waals surface area contributed by atoms with Crippen LogP contribution in [-0.2, 0) is 0 Å². The zero-order valence-electron chi connectivity index (χ0n) is 9.24. The SMILES string of the molecule is COc1ccc(-n2c(=O)cc(Cl)[nH]c2=O)cc1Br. The highest BCUT2D eigenvalue weighted by Crippen LogP contribution is 2.26. The third kappa shape index (κ3) is 2.34. The minimum absolute atomic E-state index is 0.00817. The van der Waals surface area contributed by atoms with Crippen molar-refractivity contribution < 1.29 is 4.74 Å². The molecule has 0 atom stereocenters. The van der Waals surface area contributed by atoms with E-state index in [0.717, 1.165) is 10.6 Å². The van der Waals surface area contributed by atoms with Crippen molar-refractivity contribution in [3.05, 3.63) is 54.7 Å². The maximum atomic E-state index is 11.7. The number of hydrogen-bond acceptors (Lipinski definition) is 3. The monoisotopic (exact) mass is 330 g/mol. The van der Waals surface area contributed by atoms with Crippen LogP contribution in [0.25, 0.3) is 5.69 Å². The number of H-pyrrole nitrogens is 1. The van der Waals surface area contributed by atoms with Crippen molar-refractivity contribution in [2.45, 2.75) is 0 Å². The highest BCUT2D eigenvalue weighted by atomic mass is 79.9. The van der Waals surface area contributed by atoms with Crippen molar-refractivity contribution >= 4 is 27.5 Å². The first kappa shape index (κ1) is 12.9. The lowest BCUT2D eigenvalue weighted by molar-refractivity contribution is 0.412. The second-order valence-electron chi connectivity index (χ2n) is 3.41. The molecule has 0 saturated heterocycles. The van der Waals surface area contributed by atoms with Crippen LogP contribution in [0.15, 0.2) is 38.3 Å². The van der Waals surface area contributed by atoms with Gasteiger partial charge in [0.1, 0.15) is 10.9 Å². The zero-order valence-corrected chi connectivity index (χ0v) is 11.6. The van der Waals surface area contributed by atoms with E-state index < -0.39 is 11.2 Å². The van der Waals surface area contributed by atoms with E-state index in [1.54, 1.807) is 18.2 Å². The van der Waals surface area contributed by atoms with Gasteiger partial charge in [0.2, 0.25) is 0 Å². The Hall–Kier alpha value is -1.53. The average Bonchev–Trinajstić information content (AvgIpc) is 2.27. The van der Waals surface area contributed by atoms with Crippen LogP contribution in [0.1, 0.15) is 0 Å². The highest BCUT2D eigenvalue weighted by Gasteiger charge is 2.08. The fourth-order valence-corrected chi connectivity index (χ4v) is 2.21. The largest absolute Gasteiger partial charge is 0.496 e. The van der Waals surface area contributed by atoms with Gasteiger partial charge in [-0.25, -0.2) is 9.36 Å². The molecule has 2 aromatic rings. The second-order valence-corrected chi connectivity index (χ2v) is 4.68. The van der Waals surface area contributed by atoms with Gasteiger partial charge in [-0.3, -0.25) is 9.78 Å². The van der Waals surface area contributed by atoms with E-state index in [1.165, 1.54) is 7.11 Å². The molecule has 0 bridgehead atoms. The van der Waals surface area contributed by atoms with Crippen LogP contribution < -0.4 is 16.0 Å². The first-order chi connectivity index (χ1) is 8.52. The summed E-state index contributed by atoms with van der Waals surface area (Å²) in [5, 5.41) is 0.00817. The van der Waals surface area contributed by atoms with E-state index in [0.29, 0.717) is 15.9 Å². The molecule has 94 valence electrons. The normalized spacial score (nSPS) is 10.4. The molecular weight excluding hydrogens is 323 g/mol. The maximum Gasteiger partial charge on any atom is 0.334 e. The number of hydrogen-bond donors (Lipinski definition) is 1. The van der Waals surface area contributed by atoms with Crippen molar-refractivity contribution in [3.8, 4) is 11.4 Å². The van der Waals surface area contributed by atoms with Crippen LogP contribution in [0.2, 0.25) is 5.15 Å². The quantitative estimate of drug-likeness (QED) is 0.856. The molecular formula is C11H8BrClN2O3. The summed E-state index contributed by atoms with van der Waals surface area (Å²) in [6.07, 6.45) is 0. The van der Waals surface area contributed by atoms with Gasteiger partial charge in [0.25, 0.3) is 5.56 Å². The predicted octanol–water partition coefficient (Wildman–Crippen LogP) is 1.95.